The topological polar surface area (TPSA) is 56.1 Å². The quantitative estimate of drug-likeness (QED) is 0.803. The largest absolute Gasteiger partial charge is 0.337 e. The predicted octanol–water partition coefficient (Wildman–Crippen LogP) is 2.35. The van der Waals surface area contributed by atoms with Crippen LogP contribution in [0, 0.1) is 11.3 Å². The van der Waals surface area contributed by atoms with Crippen LogP contribution in [-0.2, 0) is 6.54 Å². The van der Waals surface area contributed by atoms with Crippen molar-refractivity contribution >= 4 is 17.6 Å². The maximum atomic E-state index is 11.9. The van der Waals surface area contributed by atoms with E-state index in [4.69, 9.17) is 16.9 Å². The molecule has 1 rings (SSSR count). The van der Waals surface area contributed by atoms with Crippen LogP contribution in [-0.4, -0.2) is 29.9 Å². The minimum atomic E-state index is -0.185. The maximum absolute atomic E-state index is 11.9. The zero-order valence-electron chi connectivity index (χ0n) is 10.1. The molecule has 0 radical (unpaired) electrons. The molecule has 2 amide bonds. The fourth-order valence-corrected chi connectivity index (χ4v) is 1.60. The van der Waals surface area contributed by atoms with Crippen LogP contribution in [0.4, 0.5) is 4.79 Å². The SMILES string of the molecule is N#CCCN(Cc1ccccc1)C(=O)NCCCl. The van der Waals surface area contributed by atoms with Crippen molar-refractivity contribution in [2.45, 2.75) is 13.0 Å². The first kappa shape index (κ1) is 14.3. The van der Waals surface area contributed by atoms with Crippen LogP contribution in [0.5, 0.6) is 0 Å². The number of carbonyl (C=O) groups is 1. The van der Waals surface area contributed by atoms with Gasteiger partial charge in [0.1, 0.15) is 0 Å². The van der Waals surface area contributed by atoms with Gasteiger partial charge in [0, 0.05) is 25.5 Å². The monoisotopic (exact) mass is 265 g/mol. The summed E-state index contributed by atoms with van der Waals surface area (Å²) in [4.78, 5) is 13.5. The van der Waals surface area contributed by atoms with Gasteiger partial charge in [-0.25, -0.2) is 4.79 Å². The van der Waals surface area contributed by atoms with Crippen LogP contribution in [0.3, 0.4) is 0 Å². The van der Waals surface area contributed by atoms with E-state index in [0.29, 0.717) is 31.9 Å². The molecule has 0 aliphatic carbocycles. The van der Waals surface area contributed by atoms with Crippen molar-refractivity contribution in [1.29, 1.82) is 5.26 Å². The Bertz CT molecular complexity index is 402. The summed E-state index contributed by atoms with van der Waals surface area (Å²) in [6.07, 6.45) is 0.321. The molecule has 1 aromatic carbocycles. The van der Waals surface area contributed by atoms with Gasteiger partial charge in [0.05, 0.1) is 12.5 Å². The Morgan fingerprint density at radius 3 is 2.72 bits per heavy atom. The number of nitrogens with one attached hydrogen (secondary N) is 1. The number of alkyl halides is 1. The third kappa shape index (κ3) is 5.07. The van der Waals surface area contributed by atoms with Crippen LogP contribution in [0.15, 0.2) is 30.3 Å². The van der Waals surface area contributed by atoms with Crippen molar-refractivity contribution in [3.05, 3.63) is 35.9 Å². The lowest BCUT2D eigenvalue weighted by atomic mass is 10.2. The first-order chi connectivity index (χ1) is 8.77. The lowest BCUT2D eigenvalue weighted by molar-refractivity contribution is 0.197. The smallest absolute Gasteiger partial charge is 0.317 e. The lowest BCUT2D eigenvalue weighted by Crippen LogP contribution is -2.40. The van der Waals surface area contributed by atoms with E-state index in [1.54, 1.807) is 4.90 Å². The summed E-state index contributed by atoms with van der Waals surface area (Å²) in [6.45, 7) is 1.34. The van der Waals surface area contributed by atoms with Crippen LogP contribution in [0.25, 0.3) is 0 Å². The zero-order chi connectivity index (χ0) is 13.2. The summed E-state index contributed by atoms with van der Waals surface area (Å²) < 4.78 is 0. The second kappa shape index (κ2) is 8.37. The second-order valence-corrected chi connectivity index (χ2v) is 4.11. The molecule has 0 heterocycles. The summed E-state index contributed by atoms with van der Waals surface area (Å²) in [5, 5.41) is 11.3. The molecule has 0 bridgehead atoms. The summed E-state index contributed by atoms with van der Waals surface area (Å²) in [7, 11) is 0. The van der Waals surface area contributed by atoms with Gasteiger partial charge in [-0.2, -0.15) is 5.26 Å². The summed E-state index contributed by atoms with van der Waals surface area (Å²) in [5.74, 6) is 0.378. The van der Waals surface area contributed by atoms with Gasteiger partial charge in [0.2, 0.25) is 0 Å². The highest BCUT2D eigenvalue weighted by Gasteiger charge is 2.12. The maximum Gasteiger partial charge on any atom is 0.317 e. The summed E-state index contributed by atoms with van der Waals surface area (Å²) in [6, 6.07) is 11.5. The van der Waals surface area contributed by atoms with Crippen molar-refractivity contribution in [3.63, 3.8) is 0 Å². The minimum absolute atomic E-state index is 0.185. The first-order valence-electron chi connectivity index (χ1n) is 5.77. The van der Waals surface area contributed by atoms with E-state index in [-0.39, 0.29) is 6.03 Å². The molecule has 0 spiro atoms. The number of carbonyl (C=O) groups excluding carboxylic acids is 1. The molecule has 0 fully saturated rings. The molecule has 1 aromatic rings. The van der Waals surface area contributed by atoms with E-state index in [1.807, 2.05) is 36.4 Å². The Hall–Kier alpha value is -1.73. The number of nitriles is 1. The van der Waals surface area contributed by atoms with Gasteiger partial charge in [0.15, 0.2) is 0 Å². The Balaban J connectivity index is 2.60. The van der Waals surface area contributed by atoms with E-state index in [1.165, 1.54) is 0 Å². The molecule has 4 nitrogen and oxygen atoms in total. The second-order valence-electron chi connectivity index (χ2n) is 3.74. The number of amides is 2. The molecule has 0 atom stereocenters. The molecule has 5 heteroatoms. The molecule has 0 saturated heterocycles. The number of hydrogen-bond acceptors (Lipinski definition) is 2. The summed E-state index contributed by atoms with van der Waals surface area (Å²) >= 11 is 5.53. The zero-order valence-corrected chi connectivity index (χ0v) is 10.9. The highest BCUT2D eigenvalue weighted by Crippen LogP contribution is 2.05. The third-order valence-corrected chi connectivity index (χ3v) is 2.56. The van der Waals surface area contributed by atoms with Gasteiger partial charge in [-0.3, -0.25) is 0 Å². The van der Waals surface area contributed by atoms with Crippen molar-refractivity contribution in [1.82, 2.24) is 10.2 Å². The molecule has 18 heavy (non-hydrogen) atoms. The molecule has 1 N–H and O–H groups in total. The average molecular weight is 266 g/mol. The van der Waals surface area contributed by atoms with E-state index in [2.05, 4.69) is 5.32 Å². The van der Waals surface area contributed by atoms with Gasteiger partial charge in [-0.05, 0) is 5.56 Å². The third-order valence-electron chi connectivity index (χ3n) is 2.37. The van der Waals surface area contributed by atoms with E-state index in [0.717, 1.165) is 5.56 Å². The van der Waals surface area contributed by atoms with Gasteiger partial charge in [-0.15, -0.1) is 11.6 Å². The Morgan fingerprint density at radius 2 is 2.11 bits per heavy atom. The Kier molecular flexibility index (Phi) is 6.67. The van der Waals surface area contributed by atoms with Crippen LogP contribution in [0.2, 0.25) is 0 Å². The lowest BCUT2D eigenvalue weighted by Gasteiger charge is -2.22. The van der Waals surface area contributed by atoms with Gasteiger partial charge in [0.25, 0.3) is 0 Å². The Morgan fingerprint density at radius 1 is 1.39 bits per heavy atom. The van der Waals surface area contributed by atoms with Gasteiger partial charge >= 0.3 is 6.03 Å². The summed E-state index contributed by atoms with van der Waals surface area (Å²) in [5.41, 5.74) is 1.04. The molecular weight excluding hydrogens is 250 g/mol. The van der Waals surface area contributed by atoms with Crippen LogP contribution < -0.4 is 5.32 Å². The fraction of sp³-hybridized carbons (Fsp3) is 0.385. The number of halogens is 1. The van der Waals surface area contributed by atoms with E-state index >= 15 is 0 Å². The van der Waals surface area contributed by atoms with Crippen molar-refractivity contribution < 1.29 is 4.79 Å². The molecule has 0 aliphatic heterocycles. The van der Waals surface area contributed by atoms with Crippen molar-refractivity contribution in [2.24, 2.45) is 0 Å². The molecule has 0 aromatic heterocycles. The average Bonchev–Trinajstić information content (AvgIpc) is 2.42. The minimum Gasteiger partial charge on any atom is -0.337 e. The first-order valence-corrected chi connectivity index (χ1v) is 6.31. The molecule has 0 saturated carbocycles. The number of rotatable bonds is 6. The van der Waals surface area contributed by atoms with E-state index < -0.39 is 0 Å². The molecular formula is C13H16ClN3O. The highest BCUT2D eigenvalue weighted by atomic mass is 35.5. The fourth-order valence-electron chi connectivity index (χ4n) is 1.51. The number of hydrogen-bond donors (Lipinski definition) is 1. The van der Waals surface area contributed by atoms with E-state index in [9.17, 15) is 4.79 Å². The van der Waals surface area contributed by atoms with Crippen molar-refractivity contribution in [2.75, 3.05) is 19.0 Å². The van der Waals surface area contributed by atoms with Gasteiger partial charge in [-0.1, -0.05) is 30.3 Å². The van der Waals surface area contributed by atoms with Crippen LogP contribution in [0.1, 0.15) is 12.0 Å². The van der Waals surface area contributed by atoms with Crippen LogP contribution >= 0.6 is 11.6 Å². The van der Waals surface area contributed by atoms with Crippen molar-refractivity contribution in [3.8, 4) is 6.07 Å². The highest BCUT2D eigenvalue weighted by molar-refractivity contribution is 6.18. The molecule has 0 unspecified atom stereocenters. The Labute approximate surface area is 112 Å². The number of nitrogens with zero attached hydrogens (tertiary/aromatic N) is 2. The molecule has 96 valence electrons. The molecule has 0 aliphatic rings. The number of urea groups is 1. The predicted molar refractivity (Wildman–Crippen MR) is 71.2 cm³/mol. The standard InChI is InChI=1S/C13H16ClN3O/c14-7-9-16-13(18)17(10-4-8-15)11-12-5-2-1-3-6-12/h1-3,5-6H,4,7,9-11H2,(H,16,18). The number of benzene rings is 1. The normalized spacial score (nSPS) is 9.56. The van der Waals surface area contributed by atoms with Gasteiger partial charge < -0.3 is 10.2 Å².